The molecule has 1 saturated carbocycles. The Kier molecular flexibility index (Phi) is 12.5. The fourth-order valence-corrected chi connectivity index (χ4v) is 4.52. The molecular formula is C27H48N4O7. The van der Waals surface area contributed by atoms with Gasteiger partial charge in [-0.1, -0.05) is 34.6 Å². The van der Waals surface area contributed by atoms with Gasteiger partial charge in [0.1, 0.15) is 18.2 Å². The Balaban J connectivity index is 0.000000341. The first kappa shape index (κ1) is 33.2. The van der Waals surface area contributed by atoms with Crippen LogP contribution in [0.5, 0.6) is 0 Å². The molecule has 3 N–H and O–H groups in total. The molecule has 1 aliphatic carbocycles. The van der Waals surface area contributed by atoms with E-state index in [2.05, 4.69) is 55.3 Å². The highest BCUT2D eigenvalue weighted by atomic mass is 16.6. The normalized spacial score (nSPS) is 23.4. The number of esters is 1. The molecule has 4 unspecified atom stereocenters. The second kappa shape index (κ2) is 14.3. The van der Waals surface area contributed by atoms with E-state index in [9.17, 15) is 24.0 Å². The second-order valence-corrected chi connectivity index (χ2v) is 12.3. The van der Waals surface area contributed by atoms with E-state index in [-0.39, 0.29) is 30.7 Å². The number of alkyl carbamates (subject to hydrolysis) is 1. The molecule has 38 heavy (non-hydrogen) atoms. The van der Waals surface area contributed by atoms with Gasteiger partial charge >= 0.3 is 12.1 Å². The number of likely N-dealkylation sites (tertiary alicyclic amines) is 1. The maximum atomic E-state index is 11.9. The van der Waals surface area contributed by atoms with Crippen molar-refractivity contribution in [1.82, 2.24) is 20.9 Å². The number of fused-ring (bicyclic) bond motifs is 1. The van der Waals surface area contributed by atoms with Crippen molar-refractivity contribution < 1.29 is 33.4 Å². The van der Waals surface area contributed by atoms with Gasteiger partial charge in [-0.3, -0.25) is 14.4 Å². The number of rotatable bonds is 7. The first-order valence-corrected chi connectivity index (χ1v) is 13.3. The van der Waals surface area contributed by atoms with E-state index < -0.39 is 23.7 Å². The molecule has 0 radical (unpaired) electrons. The van der Waals surface area contributed by atoms with Gasteiger partial charge in [-0.15, -0.1) is 0 Å². The number of carbonyl (C=O) groups excluding carboxylic acids is 5. The molecule has 0 aromatic heterocycles. The lowest BCUT2D eigenvalue weighted by Gasteiger charge is -2.23. The second-order valence-electron chi connectivity index (χ2n) is 12.3. The summed E-state index contributed by atoms with van der Waals surface area (Å²) in [6, 6.07) is -0.735. The van der Waals surface area contributed by atoms with E-state index in [1.165, 1.54) is 7.11 Å². The summed E-state index contributed by atoms with van der Waals surface area (Å²) in [5.74, 6) is 1.27. The zero-order valence-electron chi connectivity index (χ0n) is 24.5. The van der Waals surface area contributed by atoms with Crippen LogP contribution in [-0.4, -0.2) is 80.1 Å². The minimum atomic E-state index is -0.735. The maximum Gasteiger partial charge on any atom is 0.408 e. The molecule has 3 rings (SSSR count). The van der Waals surface area contributed by atoms with Crippen molar-refractivity contribution in [2.75, 3.05) is 33.3 Å². The number of hydrogen-bond donors (Lipinski definition) is 3. The summed E-state index contributed by atoms with van der Waals surface area (Å²) in [5.41, 5.74) is -0.137. The van der Waals surface area contributed by atoms with Crippen LogP contribution in [-0.2, 0) is 28.7 Å². The first-order chi connectivity index (χ1) is 17.5. The first-order valence-electron chi connectivity index (χ1n) is 13.3. The quantitative estimate of drug-likeness (QED) is 0.331. The number of methoxy groups -OCH3 is 1. The van der Waals surface area contributed by atoms with E-state index in [1.807, 2.05) is 4.90 Å². The van der Waals surface area contributed by atoms with Crippen LogP contribution in [0.25, 0.3) is 0 Å². The molecule has 3 fully saturated rings. The largest absolute Gasteiger partial charge is 0.467 e. The average Bonchev–Trinajstić information content (AvgIpc) is 3.19. The molecule has 0 aromatic rings. The van der Waals surface area contributed by atoms with E-state index >= 15 is 0 Å². The predicted octanol–water partition coefficient (Wildman–Crippen LogP) is 2.09. The smallest absolute Gasteiger partial charge is 0.408 e. The van der Waals surface area contributed by atoms with Crippen molar-refractivity contribution in [3.63, 3.8) is 0 Å². The Morgan fingerprint density at radius 3 is 2.13 bits per heavy atom. The third-order valence-electron chi connectivity index (χ3n) is 6.70. The summed E-state index contributed by atoms with van der Waals surface area (Å²) < 4.78 is 9.61. The summed E-state index contributed by atoms with van der Waals surface area (Å²) in [6.07, 6.45) is 0.879. The Morgan fingerprint density at radius 1 is 1.16 bits per heavy atom. The lowest BCUT2D eigenvalue weighted by molar-refractivity contribution is -0.144. The molecule has 4 amide bonds. The van der Waals surface area contributed by atoms with E-state index in [0.29, 0.717) is 36.6 Å². The molecule has 2 aliphatic heterocycles. The molecule has 3 aliphatic rings. The number of hydrogen-bond acceptors (Lipinski definition) is 7. The molecular weight excluding hydrogens is 492 g/mol. The van der Waals surface area contributed by atoms with Crippen LogP contribution in [0.15, 0.2) is 0 Å². The summed E-state index contributed by atoms with van der Waals surface area (Å²) in [4.78, 5) is 58.0. The van der Waals surface area contributed by atoms with E-state index in [0.717, 1.165) is 19.0 Å². The Morgan fingerprint density at radius 2 is 1.71 bits per heavy atom. The lowest BCUT2D eigenvalue weighted by Crippen LogP contribution is -2.42. The van der Waals surface area contributed by atoms with Gasteiger partial charge in [-0.25, -0.2) is 9.59 Å². The van der Waals surface area contributed by atoms with Crippen LogP contribution >= 0.6 is 0 Å². The van der Waals surface area contributed by atoms with Gasteiger partial charge in [-0.05, 0) is 56.8 Å². The number of amides is 4. The average molecular weight is 541 g/mol. The van der Waals surface area contributed by atoms with Crippen molar-refractivity contribution >= 4 is 30.3 Å². The summed E-state index contributed by atoms with van der Waals surface area (Å²) in [5, 5.41) is 7.53. The topological polar surface area (TPSA) is 143 Å². The fraction of sp³-hybridized carbons (Fsp3) is 0.815. The Hall–Kier alpha value is -2.85. The van der Waals surface area contributed by atoms with Crippen molar-refractivity contribution in [1.29, 1.82) is 0 Å². The van der Waals surface area contributed by atoms with E-state index in [4.69, 9.17) is 4.74 Å². The van der Waals surface area contributed by atoms with Crippen molar-refractivity contribution in [3.8, 4) is 0 Å². The van der Waals surface area contributed by atoms with Crippen molar-refractivity contribution in [3.05, 3.63) is 0 Å². The highest BCUT2D eigenvalue weighted by molar-refractivity contribution is 5.83. The summed E-state index contributed by atoms with van der Waals surface area (Å²) in [7, 11) is 1.25. The maximum absolute atomic E-state index is 11.9. The highest BCUT2D eigenvalue weighted by Crippen LogP contribution is 2.61. The number of carbonyl (C=O) groups is 5. The molecule has 4 atom stereocenters. The zero-order valence-corrected chi connectivity index (χ0v) is 24.5. The molecule has 0 bridgehead atoms. The highest BCUT2D eigenvalue weighted by Gasteiger charge is 2.62. The third-order valence-corrected chi connectivity index (χ3v) is 6.70. The monoisotopic (exact) mass is 540 g/mol. The van der Waals surface area contributed by atoms with Crippen LogP contribution in [0.1, 0.15) is 68.2 Å². The SMILES string of the molecule is CC(C)(C)OC(=O)NCC(=O)N1CC2C(C1)C2(C)C.CC(C)C.COC(=O)C(CC1CCNC1=O)NC=O. The fourth-order valence-electron chi connectivity index (χ4n) is 4.52. The van der Waals surface area contributed by atoms with Gasteiger partial charge in [0.2, 0.25) is 18.2 Å². The number of ether oxygens (including phenoxy) is 2. The molecule has 218 valence electrons. The minimum Gasteiger partial charge on any atom is -0.467 e. The van der Waals surface area contributed by atoms with Crippen molar-refractivity contribution in [2.24, 2.45) is 29.1 Å². The number of nitrogens with zero attached hydrogens (tertiary/aromatic N) is 1. The van der Waals surface area contributed by atoms with Gasteiger partial charge in [0.25, 0.3) is 0 Å². The molecule has 2 heterocycles. The third kappa shape index (κ3) is 10.9. The van der Waals surface area contributed by atoms with Gasteiger partial charge in [0.15, 0.2) is 0 Å². The van der Waals surface area contributed by atoms with Crippen LogP contribution in [0, 0.1) is 29.1 Å². The minimum absolute atomic E-state index is 0.0196. The predicted molar refractivity (Wildman–Crippen MR) is 143 cm³/mol. The molecule has 11 heteroatoms. The Bertz CT molecular complexity index is 821. The van der Waals surface area contributed by atoms with E-state index in [1.54, 1.807) is 20.8 Å². The molecule has 11 nitrogen and oxygen atoms in total. The summed E-state index contributed by atoms with van der Waals surface area (Å²) >= 11 is 0. The van der Waals surface area contributed by atoms with Crippen LogP contribution in [0.4, 0.5) is 4.79 Å². The number of piperidine rings is 1. The van der Waals surface area contributed by atoms with Crippen LogP contribution < -0.4 is 16.0 Å². The van der Waals surface area contributed by atoms with Gasteiger partial charge in [0, 0.05) is 25.6 Å². The van der Waals surface area contributed by atoms with Gasteiger partial charge in [0.05, 0.1) is 7.11 Å². The van der Waals surface area contributed by atoms with Gasteiger partial charge < -0.3 is 30.3 Å². The lowest BCUT2D eigenvalue weighted by atomic mass is 9.98. The van der Waals surface area contributed by atoms with Crippen molar-refractivity contribution in [2.45, 2.75) is 79.9 Å². The molecule has 2 saturated heterocycles. The standard InChI is InChI=1S/C14H24N2O3.C9H14N2O4.C4H10/c1-13(2,3)19-12(18)15-6-11(17)16-7-9-10(8-16)14(9,4)5;1-15-9(14)7(11-5-12)4-6-2-3-10-8(6)13;1-4(2)3/h9-10H,6-8H2,1-5H3,(H,15,18);5-7H,2-4H2,1H3,(H,10,13)(H,11,12);4H,1-3H3. The molecule has 0 aromatic carbocycles. The van der Waals surface area contributed by atoms with Gasteiger partial charge in [-0.2, -0.15) is 0 Å². The van der Waals surface area contributed by atoms with Crippen LogP contribution in [0.2, 0.25) is 0 Å². The zero-order chi connectivity index (χ0) is 29.3. The molecule has 0 spiro atoms. The Labute approximate surface area is 227 Å². The summed E-state index contributed by atoms with van der Waals surface area (Å²) in [6.45, 7) is 18.7. The van der Waals surface area contributed by atoms with Crippen LogP contribution in [0.3, 0.4) is 0 Å². The number of nitrogens with one attached hydrogen (secondary N) is 3.